The van der Waals surface area contributed by atoms with E-state index >= 15 is 0 Å². The van der Waals surface area contributed by atoms with Crippen molar-refractivity contribution < 1.29 is 42.1 Å². The van der Waals surface area contributed by atoms with Gasteiger partial charge in [0, 0.05) is 40.8 Å². The van der Waals surface area contributed by atoms with Crippen LogP contribution in [0.4, 0.5) is 0 Å². The van der Waals surface area contributed by atoms with Crippen molar-refractivity contribution in [3.8, 4) is 0 Å². The van der Waals surface area contributed by atoms with Gasteiger partial charge in [0.05, 0.1) is 18.2 Å². The van der Waals surface area contributed by atoms with Crippen LogP contribution in [0.15, 0.2) is 45.9 Å². The van der Waals surface area contributed by atoms with Crippen LogP contribution in [-0.2, 0) is 15.1 Å². The van der Waals surface area contributed by atoms with E-state index < -0.39 is 16.4 Å². The summed E-state index contributed by atoms with van der Waals surface area (Å²) in [5, 5.41) is 15.4. The molecule has 4 N–H and O–H groups in total. The lowest BCUT2D eigenvalue weighted by Gasteiger charge is -1.97. The second kappa shape index (κ2) is 15.0. The van der Waals surface area contributed by atoms with Crippen LogP contribution in [-0.4, -0.2) is 63.9 Å². The highest BCUT2D eigenvalue weighted by Gasteiger charge is 2.04. The Hall–Kier alpha value is -1.97. The molecule has 0 aliphatic carbocycles. The first kappa shape index (κ1) is 28.2. The summed E-state index contributed by atoms with van der Waals surface area (Å²) >= 11 is 6.29. The van der Waals surface area contributed by atoms with Gasteiger partial charge in [-0.3, -0.25) is 19.1 Å². The summed E-state index contributed by atoms with van der Waals surface area (Å²) in [5.41, 5.74) is 0.635. The molecule has 0 aliphatic heterocycles. The maximum Gasteiger partial charge on any atom is 0.394 e. The molecule has 2 heterocycles. The Bertz CT molecular complexity index is 855. The summed E-state index contributed by atoms with van der Waals surface area (Å²) in [6.45, 7) is 0. The van der Waals surface area contributed by atoms with E-state index in [2.05, 4.69) is 46.6 Å². The van der Waals surface area contributed by atoms with Crippen molar-refractivity contribution in [1.82, 2.24) is 9.97 Å². The Morgan fingerprint density at radius 3 is 1.57 bits per heavy atom. The van der Waals surface area contributed by atoms with Crippen molar-refractivity contribution >= 4 is 54.2 Å². The number of hydrogen-bond acceptors (Lipinski definition) is 8. The first-order valence-electron chi connectivity index (χ1n) is 6.61. The van der Waals surface area contributed by atoms with Crippen LogP contribution in [0.5, 0.6) is 0 Å². The molecule has 14 heteroatoms. The standard InChI is InChI=1S/C7H6BrNO2.C6H4BrNO2.CH4O.H2O4S/c1-11-7(10)5-2-6(8)4-9-3-5;7-5-1-4(6(9)10)2-8-3-5;1-2;1-5(2,3)4/h2-4H,1H3;1-3H,(H,9,10);2H,1H3;(H2,1,2,3,4). The number of nitrogens with zero attached hydrogens (tertiary/aromatic N) is 2. The molecule has 0 saturated heterocycles. The topological polar surface area (TPSA) is 184 Å². The molecule has 0 saturated carbocycles. The van der Waals surface area contributed by atoms with E-state index in [1.54, 1.807) is 12.3 Å². The normalized spacial score (nSPS) is 9.25. The molecule has 28 heavy (non-hydrogen) atoms. The number of carboxylic acids is 1. The Labute approximate surface area is 177 Å². The summed E-state index contributed by atoms with van der Waals surface area (Å²) < 4.78 is 37.5. The van der Waals surface area contributed by atoms with Crippen LogP contribution in [0, 0.1) is 0 Å². The molecule has 2 aromatic heterocycles. The summed E-state index contributed by atoms with van der Waals surface area (Å²) in [6.07, 6.45) is 5.89. The molecule has 0 aromatic carbocycles. The number of aromatic carboxylic acids is 1. The van der Waals surface area contributed by atoms with Crippen LogP contribution in [0.2, 0.25) is 0 Å². The minimum Gasteiger partial charge on any atom is -0.478 e. The van der Waals surface area contributed by atoms with E-state index in [0.717, 1.165) is 11.6 Å². The van der Waals surface area contributed by atoms with Gasteiger partial charge in [0.1, 0.15) is 0 Å². The van der Waals surface area contributed by atoms with Gasteiger partial charge in [-0.1, -0.05) is 0 Å². The number of aliphatic hydroxyl groups excluding tert-OH is 1. The third kappa shape index (κ3) is 16.2. The quantitative estimate of drug-likeness (QED) is 0.319. The predicted octanol–water partition coefficient (Wildman–Crippen LogP) is 2.13. The van der Waals surface area contributed by atoms with Gasteiger partial charge in [-0.05, 0) is 44.0 Å². The number of aromatic nitrogens is 2. The number of pyridine rings is 2. The summed E-state index contributed by atoms with van der Waals surface area (Å²) in [5.74, 6) is -1.34. The fourth-order valence-corrected chi connectivity index (χ4v) is 1.90. The average molecular weight is 548 g/mol. The van der Waals surface area contributed by atoms with Crippen molar-refractivity contribution in [2.45, 2.75) is 0 Å². The summed E-state index contributed by atoms with van der Waals surface area (Å²) in [7, 11) is -2.33. The number of ether oxygens (including phenoxy) is 1. The second-order valence-electron chi connectivity index (χ2n) is 4.03. The number of carbonyl (C=O) groups excluding carboxylic acids is 1. The van der Waals surface area contributed by atoms with E-state index in [0.29, 0.717) is 10.0 Å². The van der Waals surface area contributed by atoms with Crippen molar-refractivity contribution in [3.63, 3.8) is 0 Å². The van der Waals surface area contributed by atoms with Crippen molar-refractivity contribution in [1.29, 1.82) is 0 Å². The smallest absolute Gasteiger partial charge is 0.394 e. The Balaban J connectivity index is 0. The highest BCUT2D eigenvalue weighted by Crippen LogP contribution is 2.10. The van der Waals surface area contributed by atoms with E-state index in [1.807, 2.05) is 0 Å². The lowest BCUT2D eigenvalue weighted by molar-refractivity contribution is 0.0599. The lowest BCUT2D eigenvalue weighted by atomic mass is 10.3. The Morgan fingerprint density at radius 2 is 1.29 bits per heavy atom. The number of esters is 1. The monoisotopic (exact) mass is 546 g/mol. The molecule has 0 unspecified atom stereocenters. The highest BCUT2D eigenvalue weighted by atomic mass is 79.9. The number of aliphatic hydroxyl groups is 1. The molecule has 0 aliphatic rings. The fraction of sp³-hybridized carbons (Fsp3) is 0.143. The van der Waals surface area contributed by atoms with Crippen LogP contribution >= 0.6 is 31.9 Å². The molecule has 11 nitrogen and oxygen atoms in total. The third-order valence-corrected chi connectivity index (χ3v) is 2.95. The van der Waals surface area contributed by atoms with Gasteiger partial charge in [-0.2, -0.15) is 8.42 Å². The Kier molecular flexibility index (Phi) is 15.1. The zero-order valence-electron chi connectivity index (χ0n) is 14.4. The minimum atomic E-state index is -4.67. The molecule has 0 bridgehead atoms. The third-order valence-electron chi connectivity index (χ3n) is 2.08. The number of methoxy groups -OCH3 is 1. The van der Waals surface area contributed by atoms with Crippen LogP contribution in [0.3, 0.4) is 0 Å². The second-order valence-corrected chi connectivity index (χ2v) is 6.76. The summed E-state index contributed by atoms with van der Waals surface area (Å²) in [4.78, 5) is 28.7. The van der Waals surface area contributed by atoms with E-state index in [4.69, 9.17) is 27.7 Å². The average Bonchev–Trinajstić information content (AvgIpc) is 2.62. The molecule has 0 fully saturated rings. The van der Waals surface area contributed by atoms with Crippen LogP contribution in [0.1, 0.15) is 20.7 Å². The maximum absolute atomic E-state index is 10.9. The molecule has 0 amide bonds. The molecular weight excluding hydrogens is 532 g/mol. The highest BCUT2D eigenvalue weighted by molar-refractivity contribution is 9.10. The largest absolute Gasteiger partial charge is 0.478 e. The van der Waals surface area contributed by atoms with E-state index in [9.17, 15) is 9.59 Å². The molecular formula is C14H16Br2N2O9S. The van der Waals surface area contributed by atoms with Gasteiger partial charge in [-0.25, -0.2) is 9.59 Å². The number of carbonyl (C=O) groups is 2. The van der Waals surface area contributed by atoms with Gasteiger partial charge in [0.25, 0.3) is 0 Å². The molecule has 2 rings (SSSR count). The van der Waals surface area contributed by atoms with Crippen molar-refractivity contribution in [3.05, 3.63) is 57.0 Å². The number of hydrogen-bond donors (Lipinski definition) is 4. The van der Waals surface area contributed by atoms with Gasteiger partial charge < -0.3 is 14.9 Å². The zero-order chi connectivity index (χ0) is 22.3. The first-order chi connectivity index (χ1) is 12.9. The van der Waals surface area contributed by atoms with Crippen LogP contribution in [0.25, 0.3) is 0 Å². The Morgan fingerprint density at radius 1 is 0.929 bits per heavy atom. The minimum absolute atomic E-state index is 0.189. The summed E-state index contributed by atoms with van der Waals surface area (Å²) in [6, 6.07) is 3.15. The molecule has 2 aromatic rings. The van der Waals surface area contributed by atoms with Crippen molar-refractivity contribution in [2.75, 3.05) is 14.2 Å². The number of carboxylic acid groups (broad SMARTS) is 1. The van der Waals surface area contributed by atoms with Gasteiger partial charge >= 0.3 is 22.3 Å². The number of halogens is 2. The van der Waals surface area contributed by atoms with Gasteiger partial charge in [0.15, 0.2) is 0 Å². The predicted molar refractivity (Wildman–Crippen MR) is 104 cm³/mol. The van der Waals surface area contributed by atoms with Gasteiger partial charge in [-0.15, -0.1) is 0 Å². The van der Waals surface area contributed by atoms with Gasteiger partial charge in [0.2, 0.25) is 0 Å². The lowest BCUT2D eigenvalue weighted by Crippen LogP contribution is -2.01. The SMILES string of the molecule is CO.COC(=O)c1cncc(Br)c1.O=C(O)c1cncc(Br)c1.O=S(=O)(O)O. The molecule has 0 atom stereocenters. The fourth-order valence-electron chi connectivity index (χ4n) is 1.17. The van der Waals surface area contributed by atoms with Crippen molar-refractivity contribution in [2.24, 2.45) is 0 Å². The first-order valence-corrected chi connectivity index (χ1v) is 9.59. The van der Waals surface area contributed by atoms with E-state index in [1.165, 1.54) is 31.8 Å². The molecule has 0 radical (unpaired) electrons. The number of rotatable bonds is 2. The van der Waals surface area contributed by atoms with Crippen LogP contribution < -0.4 is 0 Å². The zero-order valence-corrected chi connectivity index (χ0v) is 18.3. The maximum atomic E-state index is 10.9. The van der Waals surface area contributed by atoms with E-state index in [-0.39, 0.29) is 11.5 Å². The molecule has 0 spiro atoms. The molecule has 156 valence electrons.